The van der Waals surface area contributed by atoms with Crippen LogP contribution in [-0.4, -0.2) is 40.8 Å². The Morgan fingerprint density at radius 2 is 2.28 bits per heavy atom. The zero-order valence-corrected chi connectivity index (χ0v) is 13.9. The van der Waals surface area contributed by atoms with Crippen LogP contribution in [0.5, 0.6) is 0 Å². The van der Waals surface area contributed by atoms with Crippen molar-refractivity contribution in [3.63, 3.8) is 0 Å². The maximum absolute atomic E-state index is 12.6. The molecule has 3 rings (SSSR count). The van der Waals surface area contributed by atoms with Gasteiger partial charge in [0, 0.05) is 24.9 Å². The summed E-state index contributed by atoms with van der Waals surface area (Å²) in [6.45, 7) is 2.72. The Morgan fingerprint density at radius 1 is 1.44 bits per heavy atom. The van der Waals surface area contributed by atoms with Gasteiger partial charge in [0.2, 0.25) is 0 Å². The molecule has 3 heterocycles. The fourth-order valence-electron chi connectivity index (χ4n) is 3.05. The van der Waals surface area contributed by atoms with Gasteiger partial charge in [-0.25, -0.2) is 9.78 Å². The number of esters is 1. The number of carbonyl (C=O) groups is 2. The molecule has 25 heavy (non-hydrogen) atoms. The predicted molar refractivity (Wildman–Crippen MR) is 93.0 cm³/mol. The van der Waals surface area contributed by atoms with Gasteiger partial charge in [-0.3, -0.25) is 14.0 Å². The SMILES string of the molecule is CCOC(=O)/C=C/[C@@H]1CCCN1c1nc2ccccn2c(=O)c1C=O. The molecule has 1 saturated heterocycles. The number of aromatic nitrogens is 2. The van der Waals surface area contributed by atoms with Crippen LogP contribution in [0, 0.1) is 0 Å². The van der Waals surface area contributed by atoms with E-state index in [4.69, 9.17) is 4.74 Å². The summed E-state index contributed by atoms with van der Waals surface area (Å²) in [5.74, 6) is -0.0429. The monoisotopic (exact) mass is 341 g/mol. The van der Waals surface area contributed by atoms with Gasteiger partial charge in [0.15, 0.2) is 6.29 Å². The third kappa shape index (κ3) is 3.31. The van der Waals surface area contributed by atoms with Crippen LogP contribution in [0.2, 0.25) is 0 Å². The molecule has 7 heteroatoms. The van der Waals surface area contributed by atoms with Crippen LogP contribution >= 0.6 is 0 Å². The lowest BCUT2D eigenvalue weighted by atomic mass is 10.2. The molecule has 0 radical (unpaired) electrons. The molecule has 0 spiro atoms. The molecular weight excluding hydrogens is 322 g/mol. The third-order valence-corrected chi connectivity index (χ3v) is 4.18. The first kappa shape index (κ1) is 16.9. The number of aldehydes is 1. The van der Waals surface area contributed by atoms with Crippen LogP contribution < -0.4 is 10.5 Å². The van der Waals surface area contributed by atoms with Gasteiger partial charge in [0.05, 0.1) is 6.61 Å². The molecule has 130 valence electrons. The first-order chi connectivity index (χ1) is 12.2. The molecule has 0 bridgehead atoms. The molecule has 0 amide bonds. The van der Waals surface area contributed by atoms with Gasteiger partial charge < -0.3 is 9.64 Å². The van der Waals surface area contributed by atoms with Crippen molar-refractivity contribution in [1.82, 2.24) is 9.38 Å². The molecule has 0 aromatic carbocycles. The fourth-order valence-corrected chi connectivity index (χ4v) is 3.05. The molecule has 0 saturated carbocycles. The van der Waals surface area contributed by atoms with E-state index in [9.17, 15) is 14.4 Å². The minimum atomic E-state index is -0.406. The Bertz CT molecular complexity index is 888. The maximum Gasteiger partial charge on any atom is 0.330 e. The molecule has 1 aliphatic heterocycles. The summed E-state index contributed by atoms with van der Waals surface area (Å²) >= 11 is 0. The first-order valence-electron chi connectivity index (χ1n) is 8.24. The molecule has 0 unspecified atom stereocenters. The topological polar surface area (TPSA) is 81.0 Å². The van der Waals surface area contributed by atoms with Crippen LogP contribution in [-0.2, 0) is 9.53 Å². The lowest BCUT2D eigenvalue weighted by Gasteiger charge is -2.24. The zero-order chi connectivity index (χ0) is 17.8. The van der Waals surface area contributed by atoms with Crippen molar-refractivity contribution in [2.75, 3.05) is 18.1 Å². The molecule has 1 aliphatic rings. The fraction of sp³-hybridized carbons (Fsp3) is 0.333. The molecule has 7 nitrogen and oxygen atoms in total. The lowest BCUT2D eigenvalue weighted by Crippen LogP contribution is -2.33. The normalized spacial score (nSPS) is 17.3. The molecule has 0 N–H and O–H groups in total. The van der Waals surface area contributed by atoms with E-state index in [2.05, 4.69) is 4.98 Å². The van der Waals surface area contributed by atoms with E-state index >= 15 is 0 Å². The Hall–Kier alpha value is -2.96. The number of carbonyl (C=O) groups excluding carboxylic acids is 2. The van der Waals surface area contributed by atoms with Crippen molar-refractivity contribution in [2.45, 2.75) is 25.8 Å². The van der Waals surface area contributed by atoms with Gasteiger partial charge in [-0.05, 0) is 31.9 Å². The minimum Gasteiger partial charge on any atom is -0.463 e. The third-order valence-electron chi connectivity index (χ3n) is 4.18. The highest BCUT2D eigenvalue weighted by Gasteiger charge is 2.27. The number of nitrogens with zero attached hydrogens (tertiary/aromatic N) is 3. The predicted octanol–water partition coefficient (Wildman–Crippen LogP) is 1.60. The van der Waals surface area contributed by atoms with Crippen molar-refractivity contribution >= 4 is 23.7 Å². The van der Waals surface area contributed by atoms with E-state index in [-0.39, 0.29) is 11.6 Å². The number of ether oxygens (including phenoxy) is 1. The Labute approximate surface area is 144 Å². The highest BCUT2D eigenvalue weighted by molar-refractivity contribution is 5.84. The van der Waals surface area contributed by atoms with E-state index in [0.717, 1.165) is 12.8 Å². The Morgan fingerprint density at radius 3 is 3.04 bits per heavy atom. The summed E-state index contributed by atoms with van der Waals surface area (Å²) in [6, 6.07) is 5.11. The smallest absolute Gasteiger partial charge is 0.330 e. The van der Waals surface area contributed by atoms with Gasteiger partial charge in [0.25, 0.3) is 5.56 Å². The second-order valence-corrected chi connectivity index (χ2v) is 5.72. The van der Waals surface area contributed by atoms with E-state index in [1.54, 1.807) is 37.4 Å². The van der Waals surface area contributed by atoms with Crippen LogP contribution in [0.4, 0.5) is 5.82 Å². The van der Waals surface area contributed by atoms with Crippen molar-refractivity contribution in [2.24, 2.45) is 0 Å². The molecule has 1 atom stereocenters. The van der Waals surface area contributed by atoms with Gasteiger partial charge >= 0.3 is 5.97 Å². The minimum absolute atomic E-state index is 0.0279. The Kier molecular flexibility index (Phi) is 4.92. The van der Waals surface area contributed by atoms with Crippen LogP contribution in [0.3, 0.4) is 0 Å². The summed E-state index contributed by atoms with van der Waals surface area (Å²) in [6.07, 6.45) is 6.96. The second-order valence-electron chi connectivity index (χ2n) is 5.72. The standard InChI is InChI=1S/C18H19N3O4/c1-2-25-16(23)9-8-13-6-5-11-20(13)17-14(12-22)18(24)21-10-4-3-7-15(21)19-17/h3-4,7-10,12-13H,2,5-6,11H2,1H3/b9-8+/t13-/m0/s1. The average Bonchev–Trinajstić information content (AvgIpc) is 3.08. The van der Waals surface area contributed by atoms with E-state index in [0.29, 0.717) is 30.9 Å². The Balaban J connectivity index is 2.01. The average molecular weight is 341 g/mol. The van der Waals surface area contributed by atoms with Gasteiger partial charge in [-0.1, -0.05) is 12.1 Å². The lowest BCUT2D eigenvalue weighted by molar-refractivity contribution is -0.137. The van der Waals surface area contributed by atoms with Crippen molar-refractivity contribution < 1.29 is 14.3 Å². The number of hydrogen-bond acceptors (Lipinski definition) is 6. The largest absolute Gasteiger partial charge is 0.463 e. The number of hydrogen-bond donors (Lipinski definition) is 0. The summed E-state index contributed by atoms with van der Waals surface area (Å²) in [5, 5.41) is 0. The van der Waals surface area contributed by atoms with E-state index in [1.165, 1.54) is 10.5 Å². The quantitative estimate of drug-likeness (QED) is 0.467. The van der Waals surface area contributed by atoms with Gasteiger partial charge in [-0.15, -0.1) is 0 Å². The zero-order valence-electron chi connectivity index (χ0n) is 13.9. The number of rotatable bonds is 5. The maximum atomic E-state index is 12.6. The van der Waals surface area contributed by atoms with Crippen molar-refractivity contribution in [3.05, 3.63) is 52.5 Å². The summed E-state index contributed by atoms with van der Waals surface area (Å²) in [7, 11) is 0. The molecule has 2 aromatic heterocycles. The first-order valence-corrected chi connectivity index (χ1v) is 8.24. The number of pyridine rings is 1. The molecule has 2 aromatic rings. The van der Waals surface area contributed by atoms with E-state index < -0.39 is 11.5 Å². The van der Waals surface area contributed by atoms with Crippen molar-refractivity contribution in [1.29, 1.82) is 0 Å². The number of fused-ring (bicyclic) bond motifs is 1. The second kappa shape index (κ2) is 7.29. The molecule has 0 aliphatic carbocycles. The van der Waals surface area contributed by atoms with Crippen LogP contribution in [0.1, 0.15) is 30.1 Å². The molecular formula is C18H19N3O4. The van der Waals surface area contributed by atoms with Crippen LogP contribution in [0.25, 0.3) is 5.65 Å². The molecule has 1 fully saturated rings. The summed E-state index contributed by atoms with van der Waals surface area (Å²) < 4.78 is 6.25. The van der Waals surface area contributed by atoms with Gasteiger partial charge in [0.1, 0.15) is 17.0 Å². The van der Waals surface area contributed by atoms with Crippen LogP contribution in [0.15, 0.2) is 41.3 Å². The highest BCUT2D eigenvalue weighted by atomic mass is 16.5. The summed E-state index contributed by atoms with van der Waals surface area (Å²) in [5.41, 5.74) is 0.115. The van der Waals surface area contributed by atoms with Gasteiger partial charge in [-0.2, -0.15) is 0 Å². The summed E-state index contributed by atoms with van der Waals surface area (Å²) in [4.78, 5) is 42.1. The number of anilines is 1. The van der Waals surface area contributed by atoms with E-state index in [1.807, 2.05) is 4.90 Å². The van der Waals surface area contributed by atoms with Crippen molar-refractivity contribution in [3.8, 4) is 0 Å². The highest BCUT2D eigenvalue weighted by Crippen LogP contribution is 2.26.